The number of carbonyl (C=O) groups is 2. The van der Waals surface area contributed by atoms with E-state index in [0.29, 0.717) is 23.9 Å². The topological polar surface area (TPSA) is 90.5 Å². The van der Waals surface area contributed by atoms with Gasteiger partial charge in [-0.25, -0.2) is 14.4 Å². The summed E-state index contributed by atoms with van der Waals surface area (Å²) in [5, 5.41) is 5.88. The molecule has 0 spiro atoms. The van der Waals surface area contributed by atoms with Crippen LogP contribution in [0.25, 0.3) is 0 Å². The van der Waals surface area contributed by atoms with E-state index >= 15 is 0 Å². The maximum absolute atomic E-state index is 13.1. The van der Waals surface area contributed by atoms with Crippen molar-refractivity contribution in [3.63, 3.8) is 0 Å². The molecular weight excluding hydrogens is 399 g/mol. The summed E-state index contributed by atoms with van der Waals surface area (Å²) in [6, 6.07) is 7.45. The van der Waals surface area contributed by atoms with Gasteiger partial charge in [0.25, 0.3) is 0 Å². The van der Waals surface area contributed by atoms with Gasteiger partial charge in [-0.1, -0.05) is 6.42 Å². The number of hydrogen-bond donors (Lipinski definition) is 2. The maximum Gasteiger partial charge on any atom is 0.238 e. The first-order valence-electron chi connectivity index (χ1n) is 10.4. The number of aromatic nitrogens is 2. The molecule has 1 aromatic heterocycles. The van der Waals surface area contributed by atoms with Crippen molar-refractivity contribution in [2.45, 2.75) is 38.8 Å². The second-order valence-corrected chi connectivity index (χ2v) is 7.76. The number of hydrogen-bond acceptors (Lipinski definition) is 6. The summed E-state index contributed by atoms with van der Waals surface area (Å²) in [7, 11) is 3.52. The predicted molar refractivity (Wildman–Crippen MR) is 117 cm³/mol. The van der Waals surface area contributed by atoms with E-state index in [1.165, 1.54) is 31.2 Å². The Kier molecular flexibility index (Phi) is 7.51. The average molecular weight is 429 g/mol. The van der Waals surface area contributed by atoms with E-state index in [1.807, 2.05) is 6.07 Å². The first-order valence-corrected chi connectivity index (χ1v) is 10.4. The van der Waals surface area contributed by atoms with E-state index in [1.54, 1.807) is 19.0 Å². The van der Waals surface area contributed by atoms with Crippen molar-refractivity contribution in [2.75, 3.05) is 37.8 Å². The van der Waals surface area contributed by atoms with Gasteiger partial charge in [-0.05, 0) is 43.7 Å². The molecule has 2 aromatic rings. The molecule has 1 aliphatic heterocycles. The fourth-order valence-electron chi connectivity index (χ4n) is 3.62. The van der Waals surface area contributed by atoms with Crippen molar-refractivity contribution in [2.24, 2.45) is 0 Å². The number of rotatable bonds is 7. The fourth-order valence-corrected chi connectivity index (χ4v) is 3.62. The van der Waals surface area contributed by atoms with Crippen LogP contribution < -0.4 is 10.6 Å². The standard InChI is InChI=1S/C22H29FN6O2/c1-15(30)28(3)13-18-12-20(24-2)27-22(26-18)19-6-4-5-11-29(19)14-21(31)25-17-9-7-16(23)8-10-17/h7-10,12,19H,4-6,11,13-14H2,1-3H3,(H,25,31)(H,24,26,27). The van der Waals surface area contributed by atoms with E-state index in [4.69, 9.17) is 4.98 Å². The maximum atomic E-state index is 13.1. The van der Waals surface area contributed by atoms with Crippen LogP contribution in [0, 0.1) is 5.82 Å². The molecule has 0 bridgehead atoms. The molecule has 3 rings (SSSR count). The normalized spacial score (nSPS) is 16.6. The number of carbonyl (C=O) groups excluding carboxylic acids is 2. The number of anilines is 2. The van der Waals surface area contributed by atoms with Crippen molar-refractivity contribution in [3.8, 4) is 0 Å². The third kappa shape index (κ3) is 6.21. The second kappa shape index (κ2) is 10.3. The lowest BCUT2D eigenvalue weighted by molar-refractivity contribution is -0.128. The van der Waals surface area contributed by atoms with E-state index in [-0.39, 0.29) is 30.2 Å². The Morgan fingerprint density at radius 3 is 2.65 bits per heavy atom. The van der Waals surface area contributed by atoms with Crippen LogP contribution in [0.4, 0.5) is 15.9 Å². The summed E-state index contributed by atoms with van der Waals surface area (Å²) in [6.07, 6.45) is 2.86. The van der Waals surface area contributed by atoms with Gasteiger partial charge in [-0.3, -0.25) is 14.5 Å². The molecule has 1 atom stereocenters. The minimum atomic E-state index is -0.345. The zero-order valence-electron chi connectivity index (χ0n) is 18.2. The Morgan fingerprint density at radius 1 is 1.23 bits per heavy atom. The fraction of sp³-hybridized carbons (Fsp3) is 0.455. The number of amides is 2. The zero-order valence-corrected chi connectivity index (χ0v) is 18.2. The molecule has 2 amide bonds. The number of likely N-dealkylation sites (tertiary alicyclic amines) is 1. The van der Waals surface area contributed by atoms with Crippen LogP contribution in [0.5, 0.6) is 0 Å². The summed E-state index contributed by atoms with van der Waals surface area (Å²) in [5.41, 5.74) is 1.30. The molecule has 1 aliphatic rings. The van der Waals surface area contributed by atoms with Crippen LogP contribution in [0.2, 0.25) is 0 Å². The highest BCUT2D eigenvalue weighted by Crippen LogP contribution is 2.29. The van der Waals surface area contributed by atoms with Crippen molar-refractivity contribution < 1.29 is 14.0 Å². The van der Waals surface area contributed by atoms with Gasteiger partial charge in [0.15, 0.2) is 0 Å². The van der Waals surface area contributed by atoms with Crippen LogP contribution in [0.3, 0.4) is 0 Å². The first-order chi connectivity index (χ1) is 14.9. The molecule has 166 valence electrons. The van der Waals surface area contributed by atoms with Crippen LogP contribution in [-0.2, 0) is 16.1 Å². The van der Waals surface area contributed by atoms with Gasteiger partial charge in [-0.2, -0.15) is 0 Å². The summed E-state index contributed by atoms with van der Waals surface area (Å²) in [6.45, 7) is 2.86. The molecule has 1 fully saturated rings. The molecule has 2 N–H and O–H groups in total. The monoisotopic (exact) mass is 428 g/mol. The van der Waals surface area contributed by atoms with Gasteiger partial charge in [0.1, 0.15) is 17.5 Å². The Balaban J connectivity index is 1.76. The number of benzene rings is 1. The van der Waals surface area contributed by atoms with Crippen molar-refractivity contribution >= 4 is 23.3 Å². The molecule has 1 saturated heterocycles. The van der Waals surface area contributed by atoms with Gasteiger partial charge >= 0.3 is 0 Å². The quantitative estimate of drug-likeness (QED) is 0.705. The molecule has 0 radical (unpaired) electrons. The second-order valence-electron chi connectivity index (χ2n) is 7.76. The Hall–Kier alpha value is -3.07. The molecule has 31 heavy (non-hydrogen) atoms. The van der Waals surface area contributed by atoms with Crippen LogP contribution in [0.15, 0.2) is 30.3 Å². The minimum absolute atomic E-state index is 0.0390. The van der Waals surface area contributed by atoms with Gasteiger partial charge in [0.05, 0.1) is 24.8 Å². The average Bonchev–Trinajstić information content (AvgIpc) is 2.75. The van der Waals surface area contributed by atoms with Gasteiger partial charge in [0, 0.05) is 32.8 Å². The number of nitrogens with one attached hydrogen (secondary N) is 2. The SMILES string of the molecule is CNc1cc(CN(C)C(C)=O)nc(C2CCCCN2CC(=O)Nc2ccc(F)cc2)n1. The lowest BCUT2D eigenvalue weighted by Gasteiger charge is -2.34. The largest absolute Gasteiger partial charge is 0.373 e. The Labute approximate surface area is 181 Å². The van der Waals surface area contributed by atoms with E-state index < -0.39 is 0 Å². The minimum Gasteiger partial charge on any atom is -0.373 e. The molecule has 8 nitrogen and oxygen atoms in total. The smallest absolute Gasteiger partial charge is 0.238 e. The highest BCUT2D eigenvalue weighted by molar-refractivity contribution is 5.92. The molecule has 0 saturated carbocycles. The number of piperidine rings is 1. The van der Waals surface area contributed by atoms with Crippen LogP contribution in [0.1, 0.15) is 43.7 Å². The van der Waals surface area contributed by atoms with E-state index in [9.17, 15) is 14.0 Å². The number of nitrogens with zero attached hydrogens (tertiary/aromatic N) is 4. The van der Waals surface area contributed by atoms with E-state index in [2.05, 4.69) is 20.5 Å². The molecule has 1 unspecified atom stereocenters. The molecular formula is C22H29FN6O2. The van der Waals surface area contributed by atoms with Crippen molar-refractivity contribution in [1.29, 1.82) is 0 Å². The van der Waals surface area contributed by atoms with Gasteiger partial charge in [-0.15, -0.1) is 0 Å². The summed E-state index contributed by atoms with van der Waals surface area (Å²) >= 11 is 0. The van der Waals surface area contributed by atoms with Gasteiger partial charge < -0.3 is 15.5 Å². The number of halogens is 1. The van der Waals surface area contributed by atoms with Crippen molar-refractivity contribution in [1.82, 2.24) is 19.8 Å². The third-order valence-corrected chi connectivity index (χ3v) is 5.38. The Bertz CT molecular complexity index is 921. The highest BCUT2D eigenvalue weighted by Gasteiger charge is 2.28. The lowest BCUT2D eigenvalue weighted by Crippen LogP contribution is -2.40. The summed E-state index contributed by atoms with van der Waals surface area (Å²) in [4.78, 5) is 37.3. The van der Waals surface area contributed by atoms with Crippen LogP contribution in [-0.4, -0.2) is 58.8 Å². The highest BCUT2D eigenvalue weighted by atomic mass is 19.1. The summed E-state index contributed by atoms with van der Waals surface area (Å²) < 4.78 is 13.1. The van der Waals surface area contributed by atoms with Crippen molar-refractivity contribution in [3.05, 3.63) is 47.7 Å². The lowest BCUT2D eigenvalue weighted by atomic mass is 10.0. The predicted octanol–water partition coefficient (Wildman–Crippen LogP) is 2.80. The summed E-state index contributed by atoms with van der Waals surface area (Å²) in [5.74, 6) is 0.774. The zero-order chi connectivity index (χ0) is 22.4. The van der Waals surface area contributed by atoms with Crippen LogP contribution >= 0.6 is 0 Å². The van der Waals surface area contributed by atoms with E-state index in [0.717, 1.165) is 31.5 Å². The molecule has 0 aliphatic carbocycles. The molecule has 9 heteroatoms. The Morgan fingerprint density at radius 2 is 1.97 bits per heavy atom. The third-order valence-electron chi connectivity index (χ3n) is 5.38. The molecule has 1 aromatic carbocycles. The molecule has 2 heterocycles. The first kappa shape index (κ1) is 22.6. The van der Waals surface area contributed by atoms with Gasteiger partial charge in [0.2, 0.25) is 11.8 Å².